The van der Waals surface area contributed by atoms with E-state index in [2.05, 4.69) is 10.5 Å². The summed E-state index contributed by atoms with van der Waals surface area (Å²) in [6, 6.07) is 26.6. The Balaban J connectivity index is 1.38. The molecule has 32 heavy (non-hydrogen) atoms. The van der Waals surface area contributed by atoms with Crippen LogP contribution in [0.5, 0.6) is 5.75 Å². The van der Waals surface area contributed by atoms with Crippen molar-refractivity contribution in [2.45, 2.75) is 13.2 Å². The van der Waals surface area contributed by atoms with E-state index in [1.807, 2.05) is 84.9 Å². The monoisotopic (exact) mass is 431 g/mol. The Hall–Kier alpha value is -4.13. The molecule has 0 unspecified atom stereocenters. The summed E-state index contributed by atoms with van der Waals surface area (Å²) in [7, 11) is 1.49. The molecule has 0 atom stereocenters. The molecule has 7 heteroatoms. The molecule has 0 aromatic heterocycles. The largest absolute Gasteiger partial charge is 0.489 e. The zero-order valence-corrected chi connectivity index (χ0v) is 17.8. The van der Waals surface area contributed by atoms with Gasteiger partial charge in [-0.3, -0.25) is 4.79 Å². The van der Waals surface area contributed by atoms with E-state index in [9.17, 15) is 9.59 Å². The second-order valence-corrected chi connectivity index (χ2v) is 7.03. The third kappa shape index (κ3) is 7.60. The van der Waals surface area contributed by atoms with E-state index in [1.54, 1.807) is 0 Å². The quantitative estimate of drug-likeness (QED) is 0.410. The maximum Gasteiger partial charge on any atom is 0.410 e. The zero-order valence-electron chi connectivity index (χ0n) is 17.8. The first-order chi connectivity index (χ1) is 15.6. The highest BCUT2D eigenvalue weighted by Gasteiger charge is 2.13. The van der Waals surface area contributed by atoms with Gasteiger partial charge in [0.05, 0.1) is 6.21 Å². The maximum absolute atomic E-state index is 12.0. The Morgan fingerprint density at radius 1 is 0.875 bits per heavy atom. The SMILES string of the molecule is CN(CC(=O)NN=Cc1ccc(OCc2ccccc2)cc1)C(=O)OCc1ccccc1. The summed E-state index contributed by atoms with van der Waals surface area (Å²) < 4.78 is 10.9. The van der Waals surface area contributed by atoms with Crippen molar-refractivity contribution in [3.63, 3.8) is 0 Å². The van der Waals surface area contributed by atoms with Gasteiger partial charge in [0, 0.05) is 7.05 Å². The van der Waals surface area contributed by atoms with Crippen LogP contribution >= 0.6 is 0 Å². The fourth-order valence-corrected chi connectivity index (χ4v) is 2.71. The van der Waals surface area contributed by atoms with Gasteiger partial charge in [0.2, 0.25) is 0 Å². The molecule has 0 bridgehead atoms. The summed E-state index contributed by atoms with van der Waals surface area (Å²) >= 11 is 0. The first-order valence-electron chi connectivity index (χ1n) is 10.1. The van der Waals surface area contributed by atoms with Crippen LogP contribution < -0.4 is 10.2 Å². The molecule has 0 saturated carbocycles. The Kier molecular flexibility index (Phi) is 8.39. The second kappa shape index (κ2) is 11.9. The highest BCUT2D eigenvalue weighted by Crippen LogP contribution is 2.13. The number of carbonyl (C=O) groups excluding carboxylic acids is 2. The zero-order chi connectivity index (χ0) is 22.6. The third-order valence-electron chi connectivity index (χ3n) is 4.43. The van der Waals surface area contributed by atoms with Crippen LogP contribution in [0.15, 0.2) is 90.0 Å². The lowest BCUT2D eigenvalue weighted by molar-refractivity contribution is -0.121. The topological polar surface area (TPSA) is 80.2 Å². The summed E-state index contributed by atoms with van der Waals surface area (Å²) in [5, 5.41) is 3.93. The molecule has 0 aliphatic rings. The number of amides is 2. The highest BCUT2D eigenvalue weighted by molar-refractivity contribution is 5.84. The van der Waals surface area contributed by atoms with Crippen LogP contribution in [0.25, 0.3) is 0 Å². The van der Waals surface area contributed by atoms with Crippen LogP contribution in [0.2, 0.25) is 0 Å². The molecule has 3 aromatic rings. The average Bonchev–Trinajstić information content (AvgIpc) is 2.83. The maximum atomic E-state index is 12.0. The number of ether oxygens (including phenoxy) is 2. The fraction of sp³-hybridized carbons (Fsp3) is 0.160. The molecule has 0 heterocycles. The van der Waals surface area contributed by atoms with Crippen LogP contribution in [-0.4, -0.2) is 36.7 Å². The van der Waals surface area contributed by atoms with Gasteiger partial charge in [-0.1, -0.05) is 60.7 Å². The molecule has 0 fully saturated rings. The van der Waals surface area contributed by atoms with Gasteiger partial charge >= 0.3 is 6.09 Å². The number of likely N-dealkylation sites (N-methyl/N-ethyl adjacent to an activating group) is 1. The van der Waals surface area contributed by atoms with E-state index in [0.717, 1.165) is 22.4 Å². The Morgan fingerprint density at radius 2 is 1.47 bits per heavy atom. The second-order valence-electron chi connectivity index (χ2n) is 7.03. The van der Waals surface area contributed by atoms with Crippen LogP contribution in [0.4, 0.5) is 4.79 Å². The molecule has 0 saturated heterocycles. The van der Waals surface area contributed by atoms with Crippen LogP contribution in [0, 0.1) is 0 Å². The molecule has 7 nitrogen and oxygen atoms in total. The van der Waals surface area contributed by atoms with Crippen molar-refractivity contribution < 1.29 is 19.1 Å². The number of nitrogens with one attached hydrogen (secondary N) is 1. The van der Waals surface area contributed by atoms with Crippen molar-refractivity contribution in [1.29, 1.82) is 0 Å². The third-order valence-corrected chi connectivity index (χ3v) is 4.43. The lowest BCUT2D eigenvalue weighted by atomic mass is 10.2. The molecule has 0 aliphatic carbocycles. The van der Waals surface area contributed by atoms with Crippen molar-refractivity contribution in [3.05, 3.63) is 102 Å². The van der Waals surface area contributed by atoms with E-state index in [-0.39, 0.29) is 13.2 Å². The molecule has 1 N–H and O–H groups in total. The summed E-state index contributed by atoms with van der Waals surface area (Å²) in [6.07, 6.45) is 0.936. The number of benzene rings is 3. The summed E-state index contributed by atoms with van der Waals surface area (Å²) in [4.78, 5) is 25.2. The van der Waals surface area contributed by atoms with Crippen molar-refractivity contribution in [2.75, 3.05) is 13.6 Å². The van der Waals surface area contributed by atoms with Crippen LogP contribution in [-0.2, 0) is 22.7 Å². The number of carbonyl (C=O) groups is 2. The number of hydrazone groups is 1. The standard InChI is InChI=1S/C25H25N3O4/c1-28(25(30)32-19-22-10-6-3-7-11-22)17-24(29)27-26-16-20-12-14-23(15-13-20)31-18-21-8-4-2-5-9-21/h2-16H,17-19H2,1H3,(H,27,29). The highest BCUT2D eigenvalue weighted by atomic mass is 16.6. The molecule has 0 aliphatic heterocycles. The lowest BCUT2D eigenvalue weighted by Crippen LogP contribution is -2.36. The minimum atomic E-state index is -0.584. The number of rotatable bonds is 9. The number of hydrogen-bond acceptors (Lipinski definition) is 5. The molecule has 0 spiro atoms. The van der Waals surface area contributed by atoms with E-state index in [4.69, 9.17) is 9.47 Å². The van der Waals surface area contributed by atoms with Crippen molar-refractivity contribution in [2.24, 2.45) is 5.10 Å². The predicted octanol–water partition coefficient (Wildman–Crippen LogP) is 3.98. The van der Waals surface area contributed by atoms with Crippen molar-refractivity contribution in [3.8, 4) is 5.75 Å². The number of nitrogens with zero attached hydrogens (tertiary/aromatic N) is 2. The van der Waals surface area contributed by atoms with E-state index in [1.165, 1.54) is 18.2 Å². The normalized spacial score (nSPS) is 10.5. The Bertz CT molecular complexity index is 1020. The minimum Gasteiger partial charge on any atom is -0.489 e. The average molecular weight is 431 g/mol. The van der Waals surface area contributed by atoms with E-state index in [0.29, 0.717) is 6.61 Å². The molecule has 3 rings (SSSR count). The van der Waals surface area contributed by atoms with Gasteiger partial charge in [0.25, 0.3) is 5.91 Å². The molecular weight excluding hydrogens is 406 g/mol. The van der Waals surface area contributed by atoms with Gasteiger partial charge in [-0.25, -0.2) is 10.2 Å². The van der Waals surface area contributed by atoms with Gasteiger partial charge in [0.1, 0.15) is 25.5 Å². The van der Waals surface area contributed by atoms with Crippen molar-refractivity contribution in [1.82, 2.24) is 10.3 Å². The first kappa shape index (κ1) is 22.6. The van der Waals surface area contributed by atoms with Gasteiger partial charge in [-0.05, 0) is 41.0 Å². The first-order valence-corrected chi connectivity index (χ1v) is 10.1. The smallest absolute Gasteiger partial charge is 0.410 e. The fourth-order valence-electron chi connectivity index (χ4n) is 2.71. The van der Waals surface area contributed by atoms with Gasteiger partial charge in [-0.2, -0.15) is 5.10 Å². The Morgan fingerprint density at radius 3 is 2.09 bits per heavy atom. The van der Waals surface area contributed by atoms with Gasteiger partial charge in [0.15, 0.2) is 0 Å². The summed E-state index contributed by atoms with van der Waals surface area (Å²) in [6.45, 7) is 0.470. The minimum absolute atomic E-state index is 0.148. The molecule has 0 radical (unpaired) electrons. The van der Waals surface area contributed by atoms with E-state index < -0.39 is 12.0 Å². The summed E-state index contributed by atoms with van der Waals surface area (Å²) in [5.74, 6) is 0.314. The molecule has 3 aromatic carbocycles. The van der Waals surface area contributed by atoms with Crippen LogP contribution in [0.1, 0.15) is 16.7 Å². The van der Waals surface area contributed by atoms with Crippen molar-refractivity contribution >= 4 is 18.2 Å². The predicted molar refractivity (Wildman–Crippen MR) is 122 cm³/mol. The molecule has 164 valence electrons. The van der Waals surface area contributed by atoms with Gasteiger partial charge < -0.3 is 14.4 Å². The summed E-state index contributed by atoms with van der Waals surface area (Å²) in [5.41, 5.74) is 5.17. The molecular formula is C25H25N3O4. The lowest BCUT2D eigenvalue weighted by Gasteiger charge is -2.15. The van der Waals surface area contributed by atoms with Crippen LogP contribution in [0.3, 0.4) is 0 Å². The van der Waals surface area contributed by atoms with E-state index >= 15 is 0 Å². The Labute approximate surface area is 187 Å². The van der Waals surface area contributed by atoms with Gasteiger partial charge in [-0.15, -0.1) is 0 Å². The number of hydrogen-bond donors (Lipinski definition) is 1. The molecule has 2 amide bonds.